The first kappa shape index (κ1) is 24.2. The molecule has 0 amide bonds. The van der Waals surface area contributed by atoms with Gasteiger partial charge >= 0.3 is 0 Å². The smallest absolute Gasteiger partial charge is 0.241 e. The van der Waals surface area contributed by atoms with Crippen LogP contribution in [0.1, 0.15) is 32.5 Å². The lowest BCUT2D eigenvalue weighted by Gasteiger charge is -2.12. The average Bonchev–Trinajstić information content (AvgIpc) is 3.09. The Balaban J connectivity index is 0.00000392. The Labute approximate surface area is 171 Å². The van der Waals surface area contributed by atoms with Crippen molar-refractivity contribution in [3.63, 3.8) is 0 Å². The molecule has 2 aromatic rings. The third-order valence-corrected chi connectivity index (χ3v) is 5.13. The summed E-state index contributed by atoms with van der Waals surface area (Å²) in [5, 5.41) is 6.92. The number of hydrogen-bond acceptors (Lipinski definition) is 8. The summed E-state index contributed by atoms with van der Waals surface area (Å²) >= 11 is 0. The van der Waals surface area contributed by atoms with Gasteiger partial charge in [-0.25, -0.2) is 13.1 Å². The Bertz CT molecular complexity index is 844. The summed E-state index contributed by atoms with van der Waals surface area (Å²) in [7, 11) is -1.93. The topological polar surface area (TPSA) is 116 Å². The molecule has 158 valence electrons. The minimum Gasteiger partial charge on any atom is -0.490 e. The number of benzene rings is 1. The largest absolute Gasteiger partial charge is 0.490 e. The van der Waals surface area contributed by atoms with Crippen LogP contribution >= 0.6 is 12.4 Å². The minimum absolute atomic E-state index is 0. The van der Waals surface area contributed by atoms with E-state index in [0.29, 0.717) is 37.0 Å². The number of nitrogens with zero attached hydrogens (tertiary/aromatic N) is 2. The molecule has 0 aliphatic rings. The molecule has 2 N–H and O–H groups in total. The van der Waals surface area contributed by atoms with E-state index >= 15 is 0 Å². The Morgan fingerprint density at radius 2 is 1.86 bits per heavy atom. The number of ether oxygens (including phenoxy) is 2. The molecule has 1 atom stereocenters. The Morgan fingerprint density at radius 3 is 2.50 bits per heavy atom. The van der Waals surface area contributed by atoms with Gasteiger partial charge in [-0.15, -0.1) is 12.4 Å². The van der Waals surface area contributed by atoms with Crippen molar-refractivity contribution < 1.29 is 22.4 Å². The van der Waals surface area contributed by atoms with Crippen molar-refractivity contribution in [3.05, 3.63) is 29.9 Å². The fraction of sp³-hybridized carbons (Fsp3) is 0.529. The third-order valence-electron chi connectivity index (χ3n) is 3.73. The molecule has 1 aromatic carbocycles. The molecule has 1 heterocycles. The second-order valence-electron chi connectivity index (χ2n) is 5.80. The van der Waals surface area contributed by atoms with Gasteiger partial charge in [-0.05, 0) is 40.0 Å². The summed E-state index contributed by atoms with van der Waals surface area (Å²) in [6.45, 7) is 6.40. The molecule has 9 nitrogen and oxygen atoms in total. The van der Waals surface area contributed by atoms with Gasteiger partial charge < -0.3 is 19.3 Å². The Hall–Kier alpha value is -1.88. The summed E-state index contributed by atoms with van der Waals surface area (Å²) in [6.07, 6.45) is 0.587. The highest BCUT2D eigenvalue weighted by Crippen LogP contribution is 2.30. The zero-order chi connectivity index (χ0) is 19.9. The van der Waals surface area contributed by atoms with Crippen LogP contribution in [0.4, 0.5) is 0 Å². The van der Waals surface area contributed by atoms with Gasteiger partial charge in [-0.2, -0.15) is 4.98 Å². The maximum absolute atomic E-state index is 12.6. The first-order chi connectivity index (χ1) is 12.9. The standard InChI is InChI=1S/C17H26N4O5S.ClH/c1-5-24-14-8-7-13(10-15(14)25-6-2)27(22,23)19-11-17-20-16(21-26-17)9-12(3)18-4;/h7-8,10,12,18-19H,5-6,9,11H2,1-4H3;1H. The quantitative estimate of drug-likeness (QED) is 0.551. The second kappa shape index (κ2) is 11.2. The van der Waals surface area contributed by atoms with Crippen LogP contribution in [-0.2, 0) is 23.0 Å². The normalized spacial score (nSPS) is 12.3. The van der Waals surface area contributed by atoms with E-state index in [4.69, 9.17) is 14.0 Å². The van der Waals surface area contributed by atoms with E-state index in [9.17, 15) is 8.42 Å². The highest BCUT2D eigenvalue weighted by atomic mass is 35.5. The average molecular weight is 435 g/mol. The van der Waals surface area contributed by atoms with Gasteiger partial charge in [0.1, 0.15) is 0 Å². The summed E-state index contributed by atoms with van der Waals surface area (Å²) in [5.41, 5.74) is 0. The third kappa shape index (κ3) is 6.62. The van der Waals surface area contributed by atoms with Gasteiger partial charge in [0.05, 0.1) is 24.7 Å². The lowest BCUT2D eigenvalue weighted by Crippen LogP contribution is -2.24. The van der Waals surface area contributed by atoms with Crippen molar-refractivity contribution in [2.75, 3.05) is 20.3 Å². The molecular formula is C17H27ClN4O5S. The van der Waals surface area contributed by atoms with E-state index in [1.807, 2.05) is 27.8 Å². The van der Waals surface area contributed by atoms with Crippen LogP contribution in [-0.4, -0.2) is 44.9 Å². The summed E-state index contributed by atoms with van der Waals surface area (Å²) in [5.74, 6) is 1.60. The van der Waals surface area contributed by atoms with Gasteiger partial charge in [0, 0.05) is 18.5 Å². The van der Waals surface area contributed by atoms with Crippen molar-refractivity contribution in [2.45, 2.75) is 44.7 Å². The van der Waals surface area contributed by atoms with Gasteiger partial charge in [-0.1, -0.05) is 5.16 Å². The van der Waals surface area contributed by atoms with E-state index in [2.05, 4.69) is 20.2 Å². The van der Waals surface area contributed by atoms with Crippen LogP contribution in [0.5, 0.6) is 11.5 Å². The van der Waals surface area contributed by atoms with E-state index in [1.54, 1.807) is 6.07 Å². The van der Waals surface area contributed by atoms with Gasteiger partial charge in [0.15, 0.2) is 17.3 Å². The van der Waals surface area contributed by atoms with Crippen LogP contribution in [0.3, 0.4) is 0 Å². The van der Waals surface area contributed by atoms with Crippen LogP contribution in [0.25, 0.3) is 0 Å². The molecule has 1 unspecified atom stereocenters. The highest BCUT2D eigenvalue weighted by Gasteiger charge is 2.19. The van der Waals surface area contributed by atoms with Crippen molar-refractivity contribution in [2.24, 2.45) is 0 Å². The van der Waals surface area contributed by atoms with Crippen LogP contribution in [0, 0.1) is 0 Å². The molecular weight excluding hydrogens is 408 g/mol. The summed E-state index contributed by atoms with van der Waals surface area (Å²) in [6, 6.07) is 4.66. The zero-order valence-electron chi connectivity index (χ0n) is 16.4. The van der Waals surface area contributed by atoms with Crippen molar-refractivity contribution in [1.29, 1.82) is 0 Å². The fourth-order valence-corrected chi connectivity index (χ4v) is 3.25. The van der Waals surface area contributed by atoms with Crippen molar-refractivity contribution >= 4 is 22.4 Å². The lowest BCUT2D eigenvalue weighted by atomic mass is 10.2. The molecule has 0 fully saturated rings. The zero-order valence-corrected chi connectivity index (χ0v) is 18.0. The number of hydrogen-bond donors (Lipinski definition) is 2. The summed E-state index contributed by atoms with van der Waals surface area (Å²) < 4.78 is 43.6. The molecule has 0 radical (unpaired) electrons. The number of rotatable bonds is 11. The molecule has 11 heteroatoms. The first-order valence-electron chi connectivity index (χ1n) is 8.77. The molecule has 0 aliphatic carbocycles. The van der Waals surface area contributed by atoms with Crippen molar-refractivity contribution in [3.8, 4) is 11.5 Å². The molecule has 28 heavy (non-hydrogen) atoms. The first-order valence-corrected chi connectivity index (χ1v) is 10.3. The second-order valence-corrected chi connectivity index (χ2v) is 7.56. The van der Waals surface area contributed by atoms with Gasteiger partial charge in [0.2, 0.25) is 15.9 Å². The number of aromatic nitrogens is 2. The summed E-state index contributed by atoms with van der Waals surface area (Å²) in [4.78, 5) is 4.26. The van der Waals surface area contributed by atoms with Crippen LogP contribution in [0.2, 0.25) is 0 Å². The van der Waals surface area contributed by atoms with Gasteiger partial charge in [-0.3, -0.25) is 0 Å². The molecule has 0 bridgehead atoms. The van der Waals surface area contributed by atoms with Gasteiger partial charge in [0.25, 0.3) is 0 Å². The fourth-order valence-electron chi connectivity index (χ4n) is 2.26. The van der Waals surface area contributed by atoms with E-state index in [0.717, 1.165) is 0 Å². The molecule has 0 saturated heterocycles. The number of halogens is 1. The number of likely N-dealkylation sites (N-methyl/N-ethyl adjacent to an activating group) is 1. The molecule has 0 aliphatic heterocycles. The van der Waals surface area contributed by atoms with Crippen molar-refractivity contribution in [1.82, 2.24) is 20.2 Å². The lowest BCUT2D eigenvalue weighted by molar-refractivity contribution is 0.287. The Kier molecular flexibility index (Phi) is 9.66. The molecule has 0 saturated carbocycles. The van der Waals surface area contributed by atoms with E-state index < -0.39 is 10.0 Å². The SMILES string of the molecule is CCOc1ccc(S(=O)(=O)NCc2nc(CC(C)NC)no2)cc1OCC.Cl. The predicted molar refractivity (Wildman–Crippen MR) is 107 cm³/mol. The van der Waals surface area contributed by atoms with E-state index in [-0.39, 0.29) is 35.8 Å². The highest BCUT2D eigenvalue weighted by molar-refractivity contribution is 7.89. The van der Waals surface area contributed by atoms with Crippen LogP contribution < -0.4 is 19.5 Å². The van der Waals surface area contributed by atoms with Crippen LogP contribution in [0.15, 0.2) is 27.6 Å². The molecule has 0 spiro atoms. The Morgan fingerprint density at radius 1 is 1.18 bits per heavy atom. The predicted octanol–water partition coefficient (Wildman–Crippen LogP) is 1.92. The molecule has 1 aromatic heterocycles. The number of sulfonamides is 1. The molecule has 2 rings (SSSR count). The maximum Gasteiger partial charge on any atom is 0.241 e. The maximum atomic E-state index is 12.6. The monoisotopic (exact) mass is 434 g/mol. The number of nitrogens with one attached hydrogen (secondary N) is 2. The van der Waals surface area contributed by atoms with E-state index in [1.165, 1.54) is 12.1 Å². The minimum atomic E-state index is -3.78.